The summed E-state index contributed by atoms with van der Waals surface area (Å²) in [4.78, 5) is 10.1. The lowest BCUT2D eigenvalue weighted by molar-refractivity contribution is -0.385. The zero-order chi connectivity index (χ0) is 14.0. The van der Waals surface area contributed by atoms with Gasteiger partial charge in [-0.15, -0.1) is 0 Å². The molecule has 100 valence electrons. The number of hydrogen-bond donors (Lipinski definition) is 1. The second-order valence-electron chi connectivity index (χ2n) is 4.42. The Bertz CT molecular complexity index is 608. The molecule has 1 unspecified atom stereocenters. The highest BCUT2D eigenvalue weighted by molar-refractivity contribution is 5.35. The summed E-state index contributed by atoms with van der Waals surface area (Å²) in [6.07, 6.45) is 1.81. The molecule has 0 saturated heterocycles. The molecule has 1 aromatic heterocycles. The van der Waals surface area contributed by atoms with E-state index in [2.05, 4.69) is 0 Å². The second kappa shape index (κ2) is 5.19. The molecule has 0 aliphatic heterocycles. The van der Waals surface area contributed by atoms with E-state index in [1.165, 1.54) is 12.1 Å². The zero-order valence-electron chi connectivity index (χ0n) is 10.4. The van der Waals surface area contributed by atoms with Crippen LogP contribution in [0.3, 0.4) is 0 Å². The highest BCUT2D eigenvalue weighted by Gasteiger charge is 2.11. The van der Waals surface area contributed by atoms with Gasteiger partial charge in [-0.05, 0) is 30.7 Å². The average Bonchev–Trinajstić information content (AvgIpc) is 2.76. The monoisotopic (exact) mass is 263 g/mol. The van der Waals surface area contributed by atoms with Crippen LogP contribution in [0.15, 0.2) is 36.5 Å². The third-order valence-corrected chi connectivity index (χ3v) is 2.84. The van der Waals surface area contributed by atoms with Crippen molar-refractivity contribution in [1.29, 1.82) is 0 Å². The second-order valence-corrected chi connectivity index (χ2v) is 4.42. The highest BCUT2D eigenvalue weighted by atomic mass is 19.1. The van der Waals surface area contributed by atoms with Crippen molar-refractivity contribution < 1.29 is 9.31 Å². The number of nitro groups is 1. The Labute approximate surface area is 109 Å². The van der Waals surface area contributed by atoms with Crippen LogP contribution in [-0.2, 0) is 6.54 Å². The maximum absolute atomic E-state index is 13.3. The van der Waals surface area contributed by atoms with Crippen LogP contribution >= 0.6 is 0 Å². The predicted octanol–water partition coefficient (Wildman–Crippen LogP) is 2.60. The maximum Gasteiger partial charge on any atom is 0.272 e. The topological polar surface area (TPSA) is 74.1 Å². The summed E-state index contributed by atoms with van der Waals surface area (Å²) in [5.41, 5.74) is 7.00. The van der Waals surface area contributed by atoms with Gasteiger partial charge >= 0.3 is 0 Å². The maximum atomic E-state index is 13.3. The van der Waals surface area contributed by atoms with Gasteiger partial charge in [0.05, 0.1) is 11.0 Å². The van der Waals surface area contributed by atoms with Crippen LogP contribution in [0.5, 0.6) is 0 Å². The largest absolute Gasteiger partial charge is 0.346 e. The van der Waals surface area contributed by atoms with E-state index in [0.717, 1.165) is 11.8 Å². The van der Waals surface area contributed by atoms with Crippen molar-refractivity contribution in [2.75, 3.05) is 0 Å². The Balaban J connectivity index is 2.33. The van der Waals surface area contributed by atoms with E-state index in [9.17, 15) is 14.5 Å². The summed E-state index contributed by atoms with van der Waals surface area (Å²) in [6.45, 7) is 2.20. The molecule has 2 rings (SSSR count). The van der Waals surface area contributed by atoms with E-state index >= 15 is 0 Å². The normalized spacial score (nSPS) is 12.4. The number of aromatic nitrogens is 1. The summed E-state index contributed by atoms with van der Waals surface area (Å²) in [7, 11) is 0. The summed E-state index contributed by atoms with van der Waals surface area (Å²) >= 11 is 0. The SMILES string of the molecule is CC(N)c1cccn1Cc1cc(F)cc([N+](=O)[O-])c1. The number of nitro benzene ring substituents is 1. The van der Waals surface area contributed by atoms with Crippen LogP contribution in [-0.4, -0.2) is 9.49 Å². The van der Waals surface area contributed by atoms with E-state index in [0.29, 0.717) is 12.1 Å². The molecule has 0 aliphatic rings. The lowest BCUT2D eigenvalue weighted by Crippen LogP contribution is -2.12. The summed E-state index contributed by atoms with van der Waals surface area (Å²) < 4.78 is 15.2. The minimum Gasteiger partial charge on any atom is -0.346 e. The number of benzene rings is 1. The van der Waals surface area contributed by atoms with E-state index in [4.69, 9.17) is 5.73 Å². The molecule has 19 heavy (non-hydrogen) atoms. The number of nitrogens with zero attached hydrogens (tertiary/aromatic N) is 2. The van der Waals surface area contributed by atoms with Gasteiger partial charge in [0.15, 0.2) is 0 Å². The molecule has 0 radical (unpaired) electrons. The molecule has 0 aliphatic carbocycles. The van der Waals surface area contributed by atoms with E-state index < -0.39 is 10.7 Å². The molecule has 0 bridgehead atoms. The smallest absolute Gasteiger partial charge is 0.272 e. The van der Waals surface area contributed by atoms with Gasteiger partial charge in [0.2, 0.25) is 0 Å². The third kappa shape index (κ3) is 2.97. The number of hydrogen-bond acceptors (Lipinski definition) is 3. The molecular weight excluding hydrogens is 249 g/mol. The van der Waals surface area contributed by atoms with E-state index in [1.807, 2.05) is 29.8 Å². The first kappa shape index (κ1) is 13.2. The number of non-ortho nitro benzene ring substituents is 1. The standard InChI is InChI=1S/C13H14FN3O2/c1-9(15)13-3-2-4-16(13)8-10-5-11(14)7-12(6-10)17(18)19/h2-7,9H,8,15H2,1H3. The zero-order valence-corrected chi connectivity index (χ0v) is 10.4. The molecule has 1 atom stereocenters. The average molecular weight is 263 g/mol. The minimum absolute atomic E-state index is 0.154. The van der Waals surface area contributed by atoms with E-state index in [-0.39, 0.29) is 11.7 Å². The molecule has 0 fully saturated rings. The van der Waals surface area contributed by atoms with Crippen molar-refractivity contribution in [2.45, 2.75) is 19.5 Å². The fraction of sp³-hybridized carbons (Fsp3) is 0.231. The molecule has 2 aromatic rings. The fourth-order valence-electron chi connectivity index (χ4n) is 2.01. The van der Waals surface area contributed by atoms with Gasteiger partial charge in [0.1, 0.15) is 5.82 Å². The highest BCUT2D eigenvalue weighted by Crippen LogP contribution is 2.19. The minimum atomic E-state index is -0.612. The number of rotatable bonds is 4. The Morgan fingerprint density at radius 3 is 2.84 bits per heavy atom. The molecule has 0 saturated carbocycles. The van der Waals surface area contributed by atoms with Crippen LogP contribution in [0.2, 0.25) is 0 Å². The Morgan fingerprint density at radius 1 is 1.47 bits per heavy atom. The van der Waals surface area contributed by atoms with Crippen LogP contribution in [0, 0.1) is 15.9 Å². The van der Waals surface area contributed by atoms with E-state index in [1.54, 1.807) is 0 Å². The van der Waals surface area contributed by atoms with Crippen LogP contribution in [0.4, 0.5) is 10.1 Å². The molecule has 6 heteroatoms. The number of nitrogens with two attached hydrogens (primary N) is 1. The van der Waals surface area contributed by atoms with Crippen LogP contribution in [0.25, 0.3) is 0 Å². The fourth-order valence-corrected chi connectivity index (χ4v) is 2.01. The van der Waals surface area contributed by atoms with Gasteiger partial charge in [-0.1, -0.05) is 0 Å². The van der Waals surface area contributed by atoms with Crippen molar-refractivity contribution in [3.05, 3.63) is 63.7 Å². The first-order valence-electron chi connectivity index (χ1n) is 5.82. The van der Waals surface area contributed by atoms with Gasteiger partial charge in [0, 0.05) is 30.5 Å². The Morgan fingerprint density at radius 2 is 2.21 bits per heavy atom. The first-order valence-corrected chi connectivity index (χ1v) is 5.82. The lowest BCUT2D eigenvalue weighted by atomic mass is 10.2. The first-order chi connectivity index (χ1) is 8.97. The van der Waals surface area contributed by atoms with Gasteiger partial charge in [0.25, 0.3) is 5.69 Å². The van der Waals surface area contributed by atoms with Crippen LogP contribution < -0.4 is 5.73 Å². The van der Waals surface area contributed by atoms with Crippen LogP contribution in [0.1, 0.15) is 24.2 Å². The molecular formula is C13H14FN3O2. The molecule has 1 heterocycles. The van der Waals surface area contributed by atoms with Crippen molar-refractivity contribution in [3.63, 3.8) is 0 Å². The van der Waals surface area contributed by atoms with Gasteiger partial charge < -0.3 is 10.3 Å². The lowest BCUT2D eigenvalue weighted by Gasteiger charge is -2.12. The van der Waals surface area contributed by atoms with Crippen molar-refractivity contribution in [2.24, 2.45) is 5.73 Å². The predicted molar refractivity (Wildman–Crippen MR) is 69.2 cm³/mol. The van der Waals surface area contributed by atoms with Crippen molar-refractivity contribution in [1.82, 2.24) is 4.57 Å². The van der Waals surface area contributed by atoms with Crippen molar-refractivity contribution >= 4 is 5.69 Å². The van der Waals surface area contributed by atoms with Gasteiger partial charge in [-0.2, -0.15) is 0 Å². The van der Waals surface area contributed by atoms with Gasteiger partial charge in [-0.25, -0.2) is 4.39 Å². The molecule has 2 N–H and O–H groups in total. The quantitative estimate of drug-likeness (QED) is 0.680. The molecule has 0 amide bonds. The Kier molecular flexibility index (Phi) is 3.62. The van der Waals surface area contributed by atoms with Gasteiger partial charge in [-0.3, -0.25) is 10.1 Å². The molecule has 0 spiro atoms. The van der Waals surface area contributed by atoms with Crippen molar-refractivity contribution in [3.8, 4) is 0 Å². The molecule has 1 aromatic carbocycles. The summed E-state index contributed by atoms with van der Waals surface area (Å²) in [5.74, 6) is -0.612. The summed E-state index contributed by atoms with van der Waals surface area (Å²) in [6, 6.07) is 7.13. The Hall–Kier alpha value is -2.21. The third-order valence-electron chi connectivity index (χ3n) is 2.84. The summed E-state index contributed by atoms with van der Waals surface area (Å²) in [5, 5.41) is 10.7. The molecule has 5 nitrogen and oxygen atoms in total. The number of halogens is 1.